The highest BCUT2D eigenvalue weighted by Crippen LogP contribution is 2.54. The summed E-state index contributed by atoms with van der Waals surface area (Å²) in [6, 6.07) is 11.0. The summed E-state index contributed by atoms with van der Waals surface area (Å²) in [7, 11) is 1.46. The number of rotatable bonds is 6. The van der Waals surface area contributed by atoms with Gasteiger partial charge in [0.05, 0.1) is 42.6 Å². The molecule has 0 bridgehead atoms. The van der Waals surface area contributed by atoms with Gasteiger partial charge in [0.2, 0.25) is 11.8 Å². The van der Waals surface area contributed by atoms with E-state index in [9.17, 15) is 14.4 Å². The van der Waals surface area contributed by atoms with Gasteiger partial charge in [-0.15, -0.1) is 0 Å². The largest absolute Gasteiger partial charge is 0.481 e. The van der Waals surface area contributed by atoms with Crippen LogP contribution in [0.5, 0.6) is 5.88 Å². The fraction of sp³-hybridized carbons (Fsp3) is 0.370. The number of ether oxygens (including phenoxy) is 1. The number of nitrogens with zero attached hydrogens (tertiary/aromatic N) is 5. The molecule has 8 nitrogen and oxygen atoms in total. The summed E-state index contributed by atoms with van der Waals surface area (Å²) in [4.78, 5) is 28.2. The Kier molecular flexibility index (Phi) is 6.04. The molecular formula is C27H27FN6O2. The number of halogens is 1. The van der Waals surface area contributed by atoms with Crippen LogP contribution in [0.1, 0.15) is 42.5 Å². The fourth-order valence-electron chi connectivity index (χ4n) is 5.03. The van der Waals surface area contributed by atoms with Crippen molar-refractivity contribution >= 4 is 11.7 Å². The van der Waals surface area contributed by atoms with Crippen LogP contribution in [0.2, 0.25) is 0 Å². The molecule has 4 heterocycles. The van der Waals surface area contributed by atoms with Crippen molar-refractivity contribution in [3.8, 4) is 23.2 Å². The molecular weight excluding hydrogens is 459 g/mol. The van der Waals surface area contributed by atoms with E-state index in [1.54, 1.807) is 25.3 Å². The Morgan fingerprint density at radius 1 is 1.31 bits per heavy atom. The minimum Gasteiger partial charge on any atom is -0.481 e. The molecule has 2 aliphatic rings. The minimum atomic E-state index is -0.646. The molecule has 1 spiro atoms. The molecule has 9 heteroatoms. The van der Waals surface area contributed by atoms with E-state index >= 15 is 0 Å². The average Bonchev–Trinajstić information content (AvgIpc) is 3.59. The molecule has 5 rings (SSSR count). The highest BCUT2D eigenvalue weighted by atomic mass is 19.1. The Labute approximate surface area is 209 Å². The van der Waals surface area contributed by atoms with Gasteiger partial charge < -0.3 is 15.0 Å². The van der Waals surface area contributed by atoms with Crippen molar-refractivity contribution in [1.29, 1.82) is 5.26 Å². The van der Waals surface area contributed by atoms with E-state index in [4.69, 9.17) is 9.72 Å². The quantitative estimate of drug-likeness (QED) is 0.560. The van der Waals surface area contributed by atoms with Gasteiger partial charge >= 0.3 is 0 Å². The zero-order chi connectivity index (χ0) is 25.4. The summed E-state index contributed by atoms with van der Waals surface area (Å²) in [6.45, 7) is 4.80. The van der Waals surface area contributed by atoms with Crippen molar-refractivity contribution in [3.63, 3.8) is 0 Å². The molecule has 1 aliphatic carbocycles. The number of aromatic nitrogens is 3. The number of hydrogen-bond acceptors (Lipinski definition) is 7. The van der Waals surface area contributed by atoms with Gasteiger partial charge in [-0.05, 0) is 51.0 Å². The third kappa shape index (κ3) is 4.35. The van der Waals surface area contributed by atoms with E-state index in [0.717, 1.165) is 36.1 Å². The summed E-state index contributed by atoms with van der Waals surface area (Å²) in [5, 5.41) is 12.7. The first-order valence-corrected chi connectivity index (χ1v) is 11.9. The van der Waals surface area contributed by atoms with Crippen molar-refractivity contribution in [2.24, 2.45) is 5.41 Å². The number of amides is 1. The van der Waals surface area contributed by atoms with E-state index in [1.165, 1.54) is 13.2 Å². The van der Waals surface area contributed by atoms with Gasteiger partial charge in [-0.3, -0.25) is 9.78 Å². The van der Waals surface area contributed by atoms with Crippen molar-refractivity contribution < 1.29 is 13.9 Å². The van der Waals surface area contributed by atoms with Crippen LogP contribution >= 0.6 is 0 Å². The molecule has 1 amide bonds. The zero-order valence-electron chi connectivity index (χ0n) is 20.5. The molecule has 2 atom stereocenters. The first-order chi connectivity index (χ1) is 17.3. The van der Waals surface area contributed by atoms with Gasteiger partial charge in [0, 0.05) is 47.6 Å². The normalized spacial score (nSPS) is 18.5. The molecule has 1 saturated carbocycles. The van der Waals surface area contributed by atoms with Crippen molar-refractivity contribution in [1.82, 2.24) is 19.9 Å². The summed E-state index contributed by atoms with van der Waals surface area (Å²) in [5.74, 6) is -0.254. The number of methoxy groups -OCH3 is 1. The molecule has 2 fully saturated rings. The number of nitriles is 1. The number of carbonyl (C=O) groups excluding carboxylic acids is 1. The van der Waals surface area contributed by atoms with Gasteiger partial charge in [0.15, 0.2) is 0 Å². The Morgan fingerprint density at radius 2 is 2.11 bits per heavy atom. The van der Waals surface area contributed by atoms with Gasteiger partial charge in [0.1, 0.15) is 11.6 Å². The Morgan fingerprint density at radius 3 is 2.81 bits per heavy atom. The number of pyridine rings is 3. The molecule has 1 saturated heterocycles. The van der Waals surface area contributed by atoms with Gasteiger partial charge in [-0.2, -0.15) is 5.26 Å². The van der Waals surface area contributed by atoms with E-state index in [-0.39, 0.29) is 28.8 Å². The van der Waals surface area contributed by atoms with Crippen LogP contribution in [0, 0.1) is 29.5 Å². The molecule has 0 unspecified atom stereocenters. The molecule has 3 aromatic rings. The Bertz CT molecular complexity index is 1370. The highest BCUT2D eigenvalue weighted by Gasteiger charge is 2.56. The smallest absolute Gasteiger partial charge is 0.230 e. The first kappa shape index (κ1) is 23.7. The fourth-order valence-corrected chi connectivity index (χ4v) is 5.03. The van der Waals surface area contributed by atoms with Crippen LogP contribution in [0.3, 0.4) is 0 Å². The number of carbonyl (C=O) groups is 1. The average molecular weight is 487 g/mol. The number of aryl methyl sites for hydroxylation is 1. The zero-order valence-corrected chi connectivity index (χ0v) is 20.5. The van der Waals surface area contributed by atoms with E-state index in [1.807, 2.05) is 24.0 Å². The number of nitrogens with one attached hydrogen (secondary N) is 1. The molecule has 0 radical (unpaired) electrons. The summed E-state index contributed by atoms with van der Waals surface area (Å²) >= 11 is 0. The van der Waals surface area contributed by atoms with Crippen LogP contribution < -0.4 is 10.1 Å². The van der Waals surface area contributed by atoms with Crippen LogP contribution in [-0.2, 0) is 4.79 Å². The van der Waals surface area contributed by atoms with Gasteiger partial charge in [-0.25, -0.2) is 14.4 Å². The van der Waals surface area contributed by atoms with Crippen LogP contribution in [-0.4, -0.2) is 52.0 Å². The molecule has 0 aromatic carbocycles. The number of likely N-dealkylation sites (tertiary alicyclic amines) is 1. The van der Waals surface area contributed by atoms with Crippen LogP contribution in [0.4, 0.5) is 10.2 Å². The first-order valence-electron chi connectivity index (χ1n) is 11.9. The summed E-state index contributed by atoms with van der Waals surface area (Å²) < 4.78 is 19.5. The highest BCUT2D eigenvalue weighted by molar-refractivity contribution is 5.84. The maximum atomic E-state index is 14.4. The van der Waals surface area contributed by atoms with Gasteiger partial charge in [0.25, 0.3) is 0 Å². The van der Waals surface area contributed by atoms with Crippen LogP contribution in [0.25, 0.3) is 11.3 Å². The Hall–Kier alpha value is -4.06. The number of anilines is 1. The second-order valence-electron chi connectivity index (χ2n) is 9.62. The van der Waals surface area contributed by atoms with Gasteiger partial charge in [-0.1, -0.05) is 0 Å². The second-order valence-corrected chi connectivity index (χ2v) is 9.62. The predicted octanol–water partition coefficient (Wildman–Crippen LogP) is 4.07. The minimum absolute atomic E-state index is 0.0147. The monoisotopic (exact) mass is 486 g/mol. The predicted molar refractivity (Wildman–Crippen MR) is 132 cm³/mol. The van der Waals surface area contributed by atoms with Crippen LogP contribution in [0.15, 0.2) is 42.7 Å². The van der Waals surface area contributed by atoms with Crippen molar-refractivity contribution in [2.75, 3.05) is 25.5 Å². The van der Waals surface area contributed by atoms with E-state index in [0.29, 0.717) is 24.3 Å². The molecule has 3 aromatic heterocycles. The Balaban J connectivity index is 1.31. The lowest BCUT2D eigenvalue weighted by atomic mass is 10.00. The molecule has 184 valence electrons. The topological polar surface area (TPSA) is 104 Å². The standard InChI is InChI=1S/C27H27FN6O2/c1-16(20-11-25(36-3)31-13-21(20)28)26(35)34-14-23(27(15-34)7-8-27)33-24-5-4-19(17(2)32-24)22-10-18(12-29)6-9-30-22/h4-6,9-11,13,16,23H,7-8,14-15H2,1-3H3,(H,32,33)/t16-,23-/m1/s1. The molecule has 1 N–H and O–H groups in total. The second kappa shape index (κ2) is 9.19. The third-order valence-corrected chi connectivity index (χ3v) is 7.33. The molecule has 36 heavy (non-hydrogen) atoms. The lowest BCUT2D eigenvalue weighted by Gasteiger charge is -2.22. The summed E-state index contributed by atoms with van der Waals surface area (Å²) in [6.07, 6.45) is 4.78. The maximum absolute atomic E-state index is 14.4. The van der Waals surface area contributed by atoms with Crippen molar-refractivity contribution in [2.45, 2.75) is 38.6 Å². The van der Waals surface area contributed by atoms with E-state index < -0.39 is 11.7 Å². The third-order valence-electron chi connectivity index (χ3n) is 7.33. The van der Waals surface area contributed by atoms with Crippen molar-refractivity contribution in [3.05, 3.63) is 65.4 Å². The SMILES string of the molecule is COc1cc([C@@H](C)C(=O)N2C[C@@H](Nc3ccc(-c4cc(C#N)ccn4)c(C)n3)C3(CC3)C2)c(F)cn1. The molecule has 1 aliphatic heterocycles. The lowest BCUT2D eigenvalue weighted by molar-refractivity contribution is -0.131. The summed E-state index contributed by atoms with van der Waals surface area (Å²) in [5.41, 5.74) is 3.22. The number of hydrogen-bond donors (Lipinski definition) is 1. The maximum Gasteiger partial charge on any atom is 0.230 e. The van der Waals surface area contributed by atoms with E-state index in [2.05, 4.69) is 21.4 Å². The lowest BCUT2D eigenvalue weighted by Crippen LogP contribution is -2.34.